The fourth-order valence-corrected chi connectivity index (χ4v) is 5.46. The van der Waals surface area contributed by atoms with Gasteiger partial charge >= 0.3 is 0 Å². The number of hydrogen-bond donors (Lipinski definition) is 1. The van der Waals surface area contributed by atoms with Crippen LogP contribution < -0.4 is 0 Å². The van der Waals surface area contributed by atoms with Gasteiger partial charge in [-0.05, 0) is 43.8 Å². The van der Waals surface area contributed by atoms with Gasteiger partial charge in [-0.25, -0.2) is 0 Å². The third-order valence-corrected chi connectivity index (χ3v) is 8.69. The molecular formula is C12H26O2Si. The van der Waals surface area contributed by atoms with Crippen molar-refractivity contribution in [3.63, 3.8) is 0 Å². The Kier molecular flexibility index (Phi) is 5.30. The Bertz CT molecular complexity index is 164. The second kappa shape index (κ2) is 6.02. The van der Waals surface area contributed by atoms with E-state index in [1.54, 1.807) is 0 Å². The molecule has 0 aliphatic heterocycles. The summed E-state index contributed by atoms with van der Waals surface area (Å²) < 4.78 is 6.40. The minimum absolute atomic E-state index is 0.0641. The Hall–Kier alpha value is 0.137. The minimum Gasteiger partial charge on any atom is -0.414 e. The monoisotopic (exact) mass is 230 g/mol. The van der Waals surface area contributed by atoms with Gasteiger partial charge in [0, 0.05) is 6.10 Å². The van der Waals surface area contributed by atoms with E-state index >= 15 is 0 Å². The highest BCUT2D eigenvalue weighted by Gasteiger charge is 2.33. The summed E-state index contributed by atoms with van der Waals surface area (Å²) in [7, 11) is -1.41. The van der Waals surface area contributed by atoms with Gasteiger partial charge in [0.2, 0.25) is 0 Å². The molecule has 1 saturated carbocycles. The topological polar surface area (TPSA) is 29.5 Å². The van der Waals surface area contributed by atoms with Gasteiger partial charge in [-0.1, -0.05) is 20.8 Å². The van der Waals surface area contributed by atoms with E-state index in [0.717, 1.165) is 25.7 Å². The molecule has 0 amide bonds. The summed E-state index contributed by atoms with van der Waals surface area (Å²) in [5, 5.41) is 9.45. The van der Waals surface area contributed by atoms with Gasteiger partial charge in [-0.2, -0.15) is 0 Å². The Morgan fingerprint density at radius 2 is 1.47 bits per heavy atom. The van der Waals surface area contributed by atoms with Gasteiger partial charge in [0.25, 0.3) is 0 Å². The summed E-state index contributed by atoms with van der Waals surface area (Å²) in [6.45, 7) is 6.82. The van der Waals surface area contributed by atoms with E-state index in [9.17, 15) is 5.11 Å². The lowest BCUT2D eigenvalue weighted by atomic mass is 9.95. The van der Waals surface area contributed by atoms with Crippen molar-refractivity contribution in [2.24, 2.45) is 0 Å². The molecule has 0 saturated heterocycles. The molecule has 0 heterocycles. The molecule has 2 nitrogen and oxygen atoms in total. The summed E-state index contributed by atoms with van der Waals surface area (Å²) in [6, 6.07) is 3.71. The Morgan fingerprint density at radius 1 is 1.00 bits per heavy atom. The molecule has 0 bridgehead atoms. The van der Waals surface area contributed by atoms with Crippen LogP contribution in [0.15, 0.2) is 0 Å². The van der Waals surface area contributed by atoms with Gasteiger partial charge in [0.05, 0.1) is 6.10 Å². The van der Waals surface area contributed by atoms with Gasteiger partial charge in [0.1, 0.15) is 0 Å². The second-order valence-electron chi connectivity index (χ2n) is 4.79. The number of aliphatic hydroxyl groups excluding tert-OH is 1. The first-order valence-corrected chi connectivity index (χ1v) is 9.04. The van der Waals surface area contributed by atoms with Crippen molar-refractivity contribution in [2.45, 2.75) is 76.8 Å². The molecule has 1 fully saturated rings. The van der Waals surface area contributed by atoms with Crippen LogP contribution in [0.25, 0.3) is 0 Å². The van der Waals surface area contributed by atoms with Crippen molar-refractivity contribution >= 4 is 8.32 Å². The van der Waals surface area contributed by atoms with Gasteiger partial charge in [-0.15, -0.1) is 0 Å². The van der Waals surface area contributed by atoms with Crippen LogP contribution in [-0.4, -0.2) is 25.6 Å². The first-order chi connectivity index (χ1) is 7.15. The van der Waals surface area contributed by atoms with Crippen LogP contribution in [0.1, 0.15) is 46.5 Å². The van der Waals surface area contributed by atoms with E-state index in [1.165, 1.54) is 18.1 Å². The molecule has 0 atom stereocenters. The standard InChI is InChI=1S/C12H26O2Si/c1-4-15(5-2,6-3)14-12-9-7-11(13)8-10-12/h11-13H,4-10H2,1-3H3. The lowest BCUT2D eigenvalue weighted by molar-refractivity contribution is 0.0610. The molecule has 0 aromatic carbocycles. The van der Waals surface area contributed by atoms with Crippen LogP contribution in [0.3, 0.4) is 0 Å². The summed E-state index contributed by atoms with van der Waals surface area (Å²) in [5.74, 6) is 0. The predicted octanol–water partition coefficient (Wildman–Crippen LogP) is 3.31. The zero-order chi connectivity index (χ0) is 11.3. The molecular weight excluding hydrogens is 204 g/mol. The fourth-order valence-electron chi connectivity index (χ4n) is 2.52. The second-order valence-corrected chi connectivity index (χ2v) is 9.52. The smallest absolute Gasteiger partial charge is 0.192 e. The van der Waals surface area contributed by atoms with Gasteiger partial charge in [-0.3, -0.25) is 0 Å². The van der Waals surface area contributed by atoms with Gasteiger partial charge < -0.3 is 9.53 Å². The normalized spacial score (nSPS) is 28.0. The van der Waals surface area contributed by atoms with E-state index in [-0.39, 0.29) is 6.10 Å². The summed E-state index contributed by atoms with van der Waals surface area (Å²) in [6.07, 6.45) is 4.38. The first-order valence-electron chi connectivity index (χ1n) is 6.51. The molecule has 1 N–H and O–H groups in total. The average molecular weight is 230 g/mol. The van der Waals surface area contributed by atoms with Crippen LogP contribution in [0, 0.1) is 0 Å². The van der Waals surface area contributed by atoms with Gasteiger partial charge in [0.15, 0.2) is 8.32 Å². The quantitative estimate of drug-likeness (QED) is 0.734. The van der Waals surface area contributed by atoms with Crippen molar-refractivity contribution in [3.05, 3.63) is 0 Å². The van der Waals surface area contributed by atoms with Crippen LogP contribution in [0.2, 0.25) is 18.1 Å². The highest BCUT2D eigenvalue weighted by Crippen LogP contribution is 2.29. The van der Waals surface area contributed by atoms with Crippen molar-refractivity contribution in [1.82, 2.24) is 0 Å². The zero-order valence-electron chi connectivity index (χ0n) is 10.5. The lowest BCUT2D eigenvalue weighted by Crippen LogP contribution is -2.41. The maximum absolute atomic E-state index is 9.45. The van der Waals surface area contributed by atoms with Crippen molar-refractivity contribution in [2.75, 3.05) is 0 Å². The lowest BCUT2D eigenvalue weighted by Gasteiger charge is -2.36. The third-order valence-electron chi connectivity index (χ3n) is 3.99. The first kappa shape index (κ1) is 13.2. The van der Waals surface area contributed by atoms with Crippen LogP contribution in [0.5, 0.6) is 0 Å². The number of aliphatic hydroxyl groups is 1. The molecule has 0 radical (unpaired) electrons. The van der Waals surface area contributed by atoms with E-state index in [1.807, 2.05) is 0 Å². The zero-order valence-corrected chi connectivity index (χ0v) is 11.5. The highest BCUT2D eigenvalue weighted by molar-refractivity contribution is 6.73. The molecule has 0 aromatic heterocycles. The summed E-state index contributed by atoms with van der Waals surface area (Å²) in [4.78, 5) is 0. The van der Waals surface area contributed by atoms with Crippen molar-refractivity contribution in [1.29, 1.82) is 0 Å². The van der Waals surface area contributed by atoms with Crippen LogP contribution in [0.4, 0.5) is 0 Å². The Labute approximate surface area is 95.2 Å². The predicted molar refractivity (Wildman–Crippen MR) is 66.5 cm³/mol. The molecule has 0 spiro atoms. The van der Waals surface area contributed by atoms with E-state index in [4.69, 9.17) is 4.43 Å². The molecule has 1 rings (SSSR count). The van der Waals surface area contributed by atoms with Crippen LogP contribution >= 0.6 is 0 Å². The number of rotatable bonds is 5. The maximum atomic E-state index is 9.45. The molecule has 1 aliphatic carbocycles. The SMILES string of the molecule is CC[Si](CC)(CC)OC1CCC(O)CC1. The fraction of sp³-hybridized carbons (Fsp3) is 1.00. The Morgan fingerprint density at radius 3 is 1.87 bits per heavy atom. The molecule has 15 heavy (non-hydrogen) atoms. The van der Waals surface area contributed by atoms with Crippen LogP contribution in [-0.2, 0) is 4.43 Å². The van der Waals surface area contributed by atoms with Crippen molar-refractivity contribution < 1.29 is 9.53 Å². The molecule has 3 heteroatoms. The van der Waals surface area contributed by atoms with Crippen molar-refractivity contribution in [3.8, 4) is 0 Å². The largest absolute Gasteiger partial charge is 0.414 e. The van der Waals surface area contributed by atoms with E-state index in [0.29, 0.717) is 6.10 Å². The molecule has 0 unspecified atom stereocenters. The Balaban J connectivity index is 2.44. The summed E-state index contributed by atoms with van der Waals surface area (Å²) >= 11 is 0. The third kappa shape index (κ3) is 3.57. The number of hydrogen-bond acceptors (Lipinski definition) is 2. The minimum atomic E-state index is -1.41. The van der Waals surface area contributed by atoms with E-state index < -0.39 is 8.32 Å². The summed E-state index contributed by atoms with van der Waals surface area (Å²) in [5.41, 5.74) is 0. The molecule has 0 aromatic rings. The average Bonchev–Trinajstić information content (AvgIpc) is 2.29. The maximum Gasteiger partial charge on any atom is 0.192 e. The highest BCUT2D eigenvalue weighted by atomic mass is 28.4. The molecule has 1 aliphatic rings. The van der Waals surface area contributed by atoms with E-state index in [2.05, 4.69) is 20.8 Å². The molecule has 90 valence electrons.